The highest BCUT2D eigenvalue weighted by molar-refractivity contribution is 7.92. The molecule has 0 bridgehead atoms. The van der Waals surface area contributed by atoms with E-state index in [1.807, 2.05) is 6.92 Å². The third-order valence-corrected chi connectivity index (χ3v) is 8.07. The van der Waals surface area contributed by atoms with Crippen molar-refractivity contribution in [3.63, 3.8) is 0 Å². The second-order valence-electron chi connectivity index (χ2n) is 9.91. The van der Waals surface area contributed by atoms with E-state index in [0.29, 0.717) is 59.4 Å². The molecule has 0 saturated heterocycles. The standard InChI is InChI=1S/C30H39N5O5S/c1-5-8-10-11-12-27-31-21(4)28-30(36)32-29(33-35(27)28)25-20-24(17-18-26(25)39-7-3)41(37,38)34-22-13-15-23(16-14-22)40-19-9-6-2/h13-18,20,34H,5-12,19H2,1-4H3,(H,32,33,36). The molecule has 0 aliphatic carbocycles. The number of nitrogens with one attached hydrogen (secondary N) is 2. The van der Waals surface area contributed by atoms with Crippen molar-refractivity contribution in [1.82, 2.24) is 19.6 Å². The van der Waals surface area contributed by atoms with Gasteiger partial charge < -0.3 is 14.5 Å². The second-order valence-corrected chi connectivity index (χ2v) is 11.6. The summed E-state index contributed by atoms with van der Waals surface area (Å²) in [5, 5.41) is 4.71. The van der Waals surface area contributed by atoms with Gasteiger partial charge in [-0.05, 0) is 69.2 Å². The van der Waals surface area contributed by atoms with E-state index < -0.39 is 10.0 Å². The van der Waals surface area contributed by atoms with Crippen molar-refractivity contribution in [3.8, 4) is 22.9 Å². The van der Waals surface area contributed by atoms with Gasteiger partial charge in [0.25, 0.3) is 15.6 Å². The zero-order valence-corrected chi connectivity index (χ0v) is 25.0. The maximum Gasteiger partial charge on any atom is 0.277 e. The summed E-state index contributed by atoms with van der Waals surface area (Å²) in [5.74, 6) is 1.98. The van der Waals surface area contributed by atoms with E-state index in [-0.39, 0.29) is 16.3 Å². The van der Waals surface area contributed by atoms with Crippen LogP contribution in [0.2, 0.25) is 0 Å². The third-order valence-electron chi connectivity index (χ3n) is 6.69. The summed E-state index contributed by atoms with van der Waals surface area (Å²) < 4.78 is 42.4. The van der Waals surface area contributed by atoms with Gasteiger partial charge in [0.1, 0.15) is 17.3 Å². The zero-order chi connectivity index (χ0) is 29.4. The van der Waals surface area contributed by atoms with Crippen molar-refractivity contribution in [2.24, 2.45) is 0 Å². The van der Waals surface area contributed by atoms with Crippen LogP contribution in [0.1, 0.15) is 70.8 Å². The number of anilines is 1. The maximum absolute atomic E-state index is 13.4. The molecule has 0 saturated carbocycles. The predicted molar refractivity (Wildman–Crippen MR) is 160 cm³/mol. The van der Waals surface area contributed by atoms with Gasteiger partial charge in [0.15, 0.2) is 11.3 Å². The molecule has 0 amide bonds. The molecule has 0 atom stereocenters. The lowest BCUT2D eigenvalue weighted by Gasteiger charge is -2.14. The van der Waals surface area contributed by atoms with Crippen LogP contribution in [-0.4, -0.2) is 41.2 Å². The Morgan fingerprint density at radius 1 is 0.951 bits per heavy atom. The summed E-state index contributed by atoms with van der Waals surface area (Å²) in [6, 6.07) is 11.3. The summed E-state index contributed by atoms with van der Waals surface area (Å²) in [4.78, 5) is 20.6. The van der Waals surface area contributed by atoms with Crippen molar-refractivity contribution in [2.45, 2.75) is 77.5 Å². The van der Waals surface area contributed by atoms with Crippen LogP contribution in [-0.2, 0) is 16.4 Å². The normalized spacial score (nSPS) is 11.6. The average Bonchev–Trinajstić information content (AvgIpc) is 3.27. The smallest absolute Gasteiger partial charge is 0.277 e. The number of ether oxygens (including phenoxy) is 2. The van der Waals surface area contributed by atoms with Crippen LogP contribution in [0.5, 0.6) is 11.5 Å². The van der Waals surface area contributed by atoms with E-state index in [1.54, 1.807) is 41.8 Å². The first-order valence-electron chi connectivity index (χ1n) is 14.3. The van der Waals surface area contributed by atoms with Crippen LogP contribution in [0.25, 0.3) is 16.9 Å². The topological polar surface area (TPSA) is 128 Å². The first kappa shape index (κ1) is 30.1. The average molecular weight is 582 g/mol. The lowest BCUT2D eigenvalue weighted by atomic mass is 10.1. The summed E-state index contributed by atoms with van der Waals surface area (Å²) in [6.45, 7) is 8.82. The maximum atomic E-state index is 13.4. The van der Waals surface area contributed by atoms with E-state index in [1.165, 1.54) is 12.1 Å². The molecular weight excluding hydrogens is 542 g/mol. The molecule has 0 aliphatic rings. The fourth-order valence-corrected chi connectivity index (χ4v) is 5.62. The first-order valence-corrected chi connectivity index (χ1v) is 15.8. The predicted octanol–water partition coefficient (Wildman–Crippen LogP) is 5.89. The molecule has 4 aromatic rings. The number of hydrogen-bond acceptors (Lipinski definition) is 7. The van der Waals surface area contributed by atoms with Crippen molar-refractivity contribution in [3.05, 3.63) is 64.3 Å². The van der Waals surface area contributed by atoms with E-state index in [4.69, 9.17) is 14.6 Å². The van der Waals surface area contributed by atoms with Gasteiger partial charge in [0.2, 0.25) is 0 Å². The fourth-order valence-electron chi connectivity index (χ4n) is 4.54. The van der Waals surface area contributed by atoms with Gasteiger partial charge in [-0.25, -0.2) is 17.9 Å². The molecule has 0 unspecified atom stereocenters. The lowest BCUT2D eigenvalue weighted by molar-refractivity contribution is 0.309. The quantitative estimate of drug-likeness (QED) is 0.167. The number of unbranched alkanes of at least 4 members (excludes halogenated alkanes) is 4. The Hall–Kier alpha value is -3.86. The molecular formula is C30H39N5O5S. The Morgan fingerprint density at radius 3 is 2.41 bits per heavy atom. The molecule has 41 heavy (non-hydrogen) atoms. The molecule has 10 nitrogen and oxygen atoms in total. The number of aryl methyl sites for hydroxylation is 2. The third kappa shape index (κ3) is 7.27. The molecule has 2 heterocycles. The number of hydrogen-bond donors (Lipinski definition) is 2. The Morgan fingerprint density at radius 2 is 1.71 bits per heavy atom. The Labute approximate surface area is 241 Å². The number of fused-ring (bicyclic) bond motifs is 1. The first-order chi connectivity index (χ1) is 19.8. The Bertz CT molecular complexity index is 1630. The highest BCUT2D eigenvalue weighted by Crippen LogP contribution is 2.31. The summed E-state index contributed by atoms with van der Waals surface area (Å²) in [6.07, 6.45) is 6.91. The number of rotatable bonds is 15. The molecule has 220 valence electrons. The van der Waals surface area contributed by atoms with Gasteiger partial charge in [-0.2, -0.15) is 0 Å². The van der Waals surface area contributed by atoms with E-state index >= 15 is 0 Å². The van der Waals surface area contributed by atoms with E-state index in [0.717, 1.165) is 38.5 Å². The molecule has 4 rings (SSSR count). The number of sulfonamides is 1. The van der Waals surface area contributed by atoms with Gasteiger partial charge in [-0.1, -0.05) is 39.5 Å². The van der Waals surface area contributed by atoms with Crippen molar-refractivity contribution < 1.29 is 17.9 Å². The van der Waals surface area contributed by atoms with E-state index in [2.05, 4.69) is 28.5 Å². The second kappa shape index (κ2) is 13.7. The fraction of sp³-hybridized carbons (Fsp3) is 0.433. The minimum Gasteiger partial charge on any atom is -0.494 e. The van der Waals surface area contributed by atoms with Crippen molar-refractivity contribution in [2.75, 3.05) is 17.9 Å². The van der Waals surface area contributed by atoms with Crippen LogP contribution in [0.3, 0.4) is 0 Å². The van der Waals surface area contributed by atoms with Gasteiger partial charge in [-0.3, -0.25) is 9.52 Å². The largest absolute Gasteiger partial charge is 0.494 e. The summed E-state index contributed by atoms with van der Waals surface area (Å²) in [7, 11) is -3.97. The Balaban J connectivity index is 1.68. The van der Waals surface area contributed by atoms with Crippen LogP contribution in [0, 0.1) is 6.92 Å². The molecule has 2 aromatic carbocycles. The minimum absolute atomic E-state index is 0.00331. The number of imidazole rings is 1. The molecule has 11 heteroatoms. The number of H-pyrrole nitrogens is 1. The zero-order valence-electron chi connectivity index (χ0n) is 24.2. The van der Waals surface area contributed by atoms with Gasteiger partial charge >= 0.3 is 0 Å². The number of aromatic nitrogens is 4. The number of aromatic amines is 1. The van der Waals surface area contributed by atoms with Crippen LogP contribution in [0.4, 0.5) is 5.69 Å². The number of benzene rings is 2. The molecule has 0 radical (unpaired) electrons. The number of nitrogens with zero attached hydrogens (tertiary/aromatic N) is 3. The van der Waals surface area contributed by atoms with Crippen molar-refractivity contribution in [1.29, 1.82) is 0 Å². The summed E-state index contributed by atoms with van der Waals surface area (Å²) >= 11 is 0. The molecule has 0 fully saturated rings. The molecule has 2 aromatic heterocycles. The SMILES string of the molecule is CCCCCCc1nc(C)c2c(=O)[nH]c(-c3cc(S(=O)(=O)Nc4ccc(OCCCC)cc4)ccc3OCC)nn12. The highest BCUT2D eigenvalue weighted by atomic mass is 32.2. The van der Waals surface area contributed by atoms with E-state index in [9.17, 15) is 13.2 Å². The molecule has 2 N–H and O–H groups in total. The lowest BCUT2D eigenvalue weighted by Crippen LogP contribution is -2.17. The Kier molecular flexibility index (Phi) is 10.0. The summed E-state index contributed by atoms with van der Waals surface area (Å²) in [5.41, 5.74) is 1.39. The van der Waals surface area contributed by atoms with Gasteiger partial charge in [-0.15, -0.1) is 5.10 Å². The van der Waals surface area contributed by atoms with Gasteiger partial charge in [0, 0.05) is 12.1 Å². The van der Waals surface area contributed by atoms with Gasteiger partial charge in [0.05, 0.1) is 29.4 Å². The highest BCUT2D eigenvalue weighted by Gasteiger charge is 2.21. The monoisotopic (exact) mass is 581 g/mol. The molecule has 0 spiro atoms. The van der Waals surface area contributed by atoms with Crippen LogP contribution in [0.15, 0.2) is 52.2 Å². The molecule has 0 aliphatic heterocycles. The minimum atomic E-state index is -3.97. The van der Waals surface area contributed by atoms with Crippen LogP contribution < -0.4 is 19.8 Å². The van der Waals surface area contributed by atoms with Crippen molar-refractivity contribution >= 4 is 21.2 Å². The van der Waals surface area contributed by atoms with Crippen LogP contribution >= 0.6 is 0 Å².